The zero-order valence-corrected chi connectivity index (χ0v) is 28.3. The summed E-state index contributed by atoms with van der Waals surface area (Å²) in [5.74, 6) is 2.79. The fraction of sp³-hybridized carbons (Fsp3) is 0.459. The quantitative estimate of drug-likeness (QED) is 0.142. The number of imidazole rings is 2. The first-order valence-electron chi connectivity index (χ1n) is 16.2. The van der Waals surface area contributed by atoms with E-state index >= 15 is 0 Å². The number of carbonyl (C=O) groups is 2. The SMILES string of the molecule is CC(C)CC(=O)N[C@H](c1nc(-c2ccc(-c3ccc(-c4c[nH]c([C@H](C(C)C)N(C)C(=O)CC(C)C)n4)cc3)cc2)c[nH]1)C(C)C. The average molecular weight is 611 g/mol. The Morgan fingerprint density at radius 3 is 1.56 bits per heavy atom. The van der Waals surface area contributed by atoms with Crippen molar-refractivity contribution in [1.82, 2.24) is 30.2 Å². The molecule has 0 spiro atoms. The third-order valence-electron chi connectivity index (χ3n) is 8.07. The predicted molar refractivity (Wildman–Crippen MR) is 182 cm³/mol. The number of rotatable bonds is 13. The topological polar surface area (TPSA) is 107 Å². The molecule has 0 fully saturated rings. The number of carbonyl (C=O) groups excluding carboxylic acids is 2. The summed E-state index contributed by atoms with van der Waals surface area (Å²) in [6, 6.07) is 16.5. The lowest BCUT2D eigenvalue weighted by Crippen LogP contribution is -2.35. The Bertz CT molecular complexity index is 1550. The summed E-state index contributed by atoms with van der Waals surface area (Å²) in [6.07, 6.45) is 4.85. The highest BCUT2D eigenvalue weighted by Crippen LogP contribution is 2.31. The van der Waals surface area contributed by atoms with E-state index in [2.05, 4.69) is 105 Å². The molecule has 2 aromatic carbocycles. The Hall–Kier alpha value is -4.20. The molecule has 0 unspecified atom stereocenters. The van der Waals surface area contributed by atoms with Gasteiger partial charge in [-0.05, 0) is 34.8 Å². The van der Waals surface area contributed by atoms with Gasteiger partial charge < -0.3 is 20.2 Å². The second-order valence-electron chi connectivity index (χ2n) is 13.7. The lowest BCUT2D eigenvalue weighted by atomic mass is 10.0. The zero-order valence-electron chi connectivity index (χ0n) is 28.3. The van der Waals surface area contributed by atoms with Crippen LogP contribution in [0.5, 0.6) is 0 Å². The summed E-state index contributed by atoms with van der Waals surface area (Å²) in [6.45, 7) is 16.6. The van der Waals surface area contributed by atoms with Gasteiger partial charge in [0.15, 0.2) is 0 Å². The van der Waals surface area contributed by atoms with E-state index in [-0.39, 0.29) is 35.7 Å². The number of H-pyrrole nitrogens is 2. The smallest absolute Gasteiger partial charge is 0.223 e. The van der Waals surface area contributed by atoms with Crippen molar-refractivity contribution in [3.63, 3.8) is 0 Å². The molecule has 3 N–H and O–H groups in total. The van der Waals surface area contributed by atoms with E-state index in [1.54, 1.807) is 0 Å². The predicted octanol–water partition coefficient (Wildman–Crippen LogP) is 8.19. The second kappa shape index (κ2) is 14.7. The first-order valence-corrected chi connectivity index (χ1v) is 16.2. The number of hydrogen-bond acceptors (Lipinski definition) is 4. The Balaban J connectivity index is 1.46. The van der Waals surface area contributed by atoms with Crippen molar-refractivity contribution in [2.24, 2.45) is 23.7 Å². The van der Waals surface area contributed by atoms with Gasteiger partial charge in [-0.1, -0.05) is 104 Å². The van der Waals surface area contributed by atoms with Gasteiger partial charge in [-0.2, -0.15) is 0 Å². The van der Waals surface area contributed by atoms with E-state index in [1.807, 2.05) is 38.2 Å². The summed E-state index contributed by atoms with van der Waals surface area (Å²) in [5.41, 5.74) is 5.94. The normalized spacial score (nSPS) is 13.1. The van der Waals surface area contributed by atoms with Crippen molar-refractivity contribution >= 4 is 11.8 Å². The Morgan fingerprint density at radius 2 is 1.11 bits per heavy atom. The highest BCUT2D eigenvalue weighted by Gasteiger charge is 2.28. The van der Waals surface area contributed by atoms with Crippen LogP contribution in [0.3, 0.4) is 0 Å². The van der Waals surface area contributed by atoms with Gasteiger partial charge in [0.1, 0.15) is 11.6 Å². The Kier molecular flexibility index (Phi) is 11.0. The van der Waals surface area contributed by atoms with Crippen LogP contribution >= 0.6 is 0 Å². The molecule has 0 radical (unpaired) electrons. The molecule has 0 aliphatic heterocycles. The van der Waals surface area contributed by atoms with Crippen LogP contribution in [0.2, 0.25) is 0 Å². The van der Waals surface area contributed by atoms with E-state index in [0.29, 0.717) is 24.7 Å². The van der Waals surface area contributed by atoms with Crippen LogP contribution < -0.4 is 5.32 Å². The number of aromatic amines is 2. The monoisotopic (exact) mass is 610 g/mol. The van der Waals surface area contributed by atoms with Crippen LogP contribution in [-0.4, -0.2) is 43.7 Å². The van der Waals surface area contributed by atoms with Crippen LogP contribution in [0.1, 0.15) is 92.0 Å². The summed E-state index contributed by atoms with van der Waals surface area (Å²) < 4.78 is 0. The fourth-order valence-electron chi connectivity index (χ4n) is 5.70. The molecule has 2 atom stereocenters. The van der Waals surface area contributed by atoms with Crippen LogP contribution in [0.25, 0.3) is 33.6 Å². The Labute approximate surface area is 268 Å². The third-order valence-corrected chi connectivity index (χ3v) is 8.07. The molecule has 240 valence electrons. The number of nitrogens with one attached hydrogen (secondary N) is 3. The van der Waals surface area contributed by atoms with E-state index in [4.69, 9.17) is 9.97 Å². The number of nitrogens with zero attached hydrogens (tertiary/aromatic N) is 3. The summed E-state index contributed by atoms with van der Waals surface area (Å²) in [4.78, 5) is 43.5. The largest absolute Gasteiger partial charge is 0.346 e. The van der Waals surface area contributed by atoms with Crippen molar-refractivity contribution in [3.8, 4) is 33.6 Å². The van der Waals surface area contributed by atoms with Gasteiger partial charge >= 0.3 is 0 Å². The molecule has 2 amide bonds. The van der Waals surface area contributed by atoms with Gasteiger partial charge in [-0.3, -0.25) is 9.59 Å². The van der Waals surface area contributed by atoms with Gasteiger partial charge in [0.05, 0.1) is 23.5 Å². The number of amides is 2. The van der Waals surface area contributed by atoms with E-state index < -0.39 is 0 Å². The highest BCUT2D eigenvalue weighted by atomic mass is 16.2. The number of aromatic nitrogens is 4. The Morgan fingerprint density at radius 1 is 0.667 bits per heavy atom. The summed E-state index contributed by atoms with van der Waals surface area (Å²) in [7, 11) is 1.87. The molecule has 4 aromatic rings. The molecular weight excluding hydrogens is 560 g/mol. The van der Waals surface area contributed by atoms with E-state index in [0.717, 1.165) is 45.3 Å². The molecule has 0 aliphatic rings. The van der Waals surface area contributed by atoms with Gasteiger partial charge in [0.2, 0.25) is 11.8 Å². The molecule has 0 aliphatic carbocycles. The van der Waals surface area contributed by atoms with E-state index in [1.165, 1.54) is 0 Å². The van der Waals surface area contributed by atoms with Crippen LogP contribution in [0.15, 0.2) is 60.9 Å². The minimum absolute atomic E-state index is 0.0469. The van der Waals surface area contributed by atoms with Crippen molar-refractivity contribution in [1.29, 1.82) is 0 Å². The number of hydrogen-bond donors (Lipinski definition) is 3. The number of benzene rings is 2. The molecule has 0 saturated carbocycles. The molecule has 8 nitrogen and oxygen atoms in total. The second-order valence-corrected chi connectivity index (χ2v) is 13.7. The lowest BCUT2D eigenvalue weighted by Gasteiger charge is -2.30. The molecular formula is C37H50N6O2. The molecule has 0 saturated heterocycles. The molecule has 45 heavy (non-hydrogen) atoms. The average Bonchev–Trinajstić information content (AvgIpc) is 3.66. The molecule has 2 aromatic heterocycles. The fourth-order valence-corrected chi connectivity index (χ4v) is 5.70. The lowest BCUT2D eigenvalue weighted by molar-refractivity contribution is -0.134. The maximum Gasteiger partial charge on any atom is 0.223 e. The van der Waals surface area contributed by atoms with Crippen LogP contribution in [0.4, 0.5) is 0 Å². The van der Waals surface area contributed by atoms with Crippen molar-refractivity contribution in [2.75, 3.05) is 7.05 Å². The molecule has 8 heteroatoms. The van der Waals surface area contributed by atoms with Gasteiger partial charge in [0, 0.05) is 43.4 Å². The molecule has 2 heterocycles. The maximum atomic E-state index is 12.8. The van der Waals surface area contributed by atoms with Gasteiger partial charge in [-0.15, -0.1) is 0 Å². The minimum atomic E-state index is -0.169. The molecule has 0 bridgehead atoms. The van der Waals surface area contributed by atoms with Crippen molar-refractivity contribution in [2.45, 2.75) is 80.3 Å². The van der Waals surface area contributed by atoms with Crippen molar-refractivity contribution < 1.29 is 9.59 Å². The van der Waals surface area contributed by atoms with E-state index in [9.17, 15) is 9.59 Å². The van der Waals surface area contributed by atoms with Crippen LogP contribution in [0, 0.1) is 23.7 Å². The molecule has 4 rings (SSSR count). The third kappa shape index (κ3) is 8.50. The van der Waals surface area contributed by atoms with Crippen molar-refractivity contribution in [3.05, 3.63) is 72.6 Å². The maximum absolute atomic E-state index is 12.8. The standard InChI is InChI=1S/C37H50N6O2/c1-22(2)18-32(44)42-34(24(5)6)36-38-20-30(40-36)28-14-10-26(11-15-28)27-12-16-29(17-13-27)31-21-39-37(41-31)35(25(7)8)43(9)33(45)19-23(3)4/h10-17,20-25,34-35H,18-19H2,1-9H3,(H,38,40)(H,39,41)(H,42,44)/t34-,35-/m0/s1. The summed E-state index contributed by atoms with van der Waals surface area (Å²) >= 11 is 0. The zero-order chi connectivity index (χ0) is 32.8. The van der Waals surface area contributed by atoms with Gasteiger partial charge in [0.25, 0.3) is 0 Å². The first-order chi connectivity index (χ1) is 21.3. The first kappa shape index (κ1) is 33.7. The summed E-state index contributed by atoms with van der Waals surface area (Å²) in [5, 5.41) is 3.15. The minimum Gasteiger partial charge on any atom is -0.346 e. The highest BCUT2D eigenvalue weighted by molar-refractivity contribution is 5.77. The van der Waals surface area contributed by atoms with Gasteiger partial charge in [-0.25, -0.2) is 9.97 Å². The van der Waals surface area contributed by atoms with Crippen LogP contribution in [-0.2, 0) is 9.59 Å².